The second kappa shape index (κ2) is 6.93. The number of nitrogens with zero attached hydrogens (tertiary/aromatic N) is 1. The molecule has 1 atom stereocenters. The lowest BCUT2D eigenvalue weighted by Crippen LogP contribution is -2.51. The van der Waals surface area contributed by atoms with E-state index in [1.807, 2.05) is 7.05 Å². The van der Waals surface area contributed by atoms with Crippen LogP contribution < -0.4 is 5.32 Å². The molecule has 1 aliphatic heterocycles. The standard InChI is InChI=1S/C14H20N2O2S/c1-16(14(17)13-10-18-8-7-15-13)9-11-3-5-12(19-2)6-4-11/h3-6,13,15H,7-10H2,1-2H3. The molecule has 1 unspecified atom stereocenters. The summed E-state index contributed by atoms with van der Waals surface area (Å²) in [6.45, 7) is 2.52. The number of hydrogen-bond acceptors (Lipinski definition) is 4. The molecule has 1 fully saturated rings. The fourth-order valence-electron chi connectivity index (χ4n) is 2.07. The number of morpholine rings is 1. The zero-order chi connectivity index (χ0) is 13.7. The summed E-state index contributed by atoms with van der Waals surface area (Å²) < 4.78 is 5.32. The van der Waals surface area contributed by atoms with Gasteiger partial charge in [-0.05, 0) is 24.0 Å². The quantitative estimate of drug-likeness (QED) is 0.846. The minimum Gasteiger partial charge on any atom is -0.378 e. The van der Waals surface area contributed by atoms with E-state index in [0.29, 0.717) is 19.8 Å². The molecule has 5 heteroatoms. The number of ether oxygens (including phenoxy) is 1. The Balaban J connectivity index is 1.91. The number of rotatable bonds is 4. The van der Waals surface area contributed by atoms with Gasteiger partial charge >= 0.3 is 0 Å². The molecule has 1 amide bonds. The number of benzene rings is 1. The summed E-state index contributed by atoms with van der Waals surface area (Å²) >= 11 is 1.72. The molecule has 1 N–H and O–H groups in total. The summed E-state index contributed by atoms with van der Waals surface area (Å²) in [5.41, 5.74) is 1.14. The number of carbonyl (C=O) groups excluding carboxylic acids is 1. The Bertz CT molecular complexity index is 416. The number of hydrogen-bond donors (Lipinski definition) is 1. The molecule has 0 aromatic heterocycles. The number of amides is 1. The van der Waals surface area contributed by atoms with E-state index in [0.717, 1.165) is 12.1 Å². The van der Waals surface area contributed by atoms with Gasteiger partial charge in [-0.1, -0.05) is 12.1 Å². The summed E-state index contributed by atoms with van der Waals surface area (Å²) in [4.78, 5) is 15.2. The predicted octanol–water partition coefficient (Wildman–Crippen LogP) is 1.36. The first-order valence-electron chi connectivity index (χ1n) is 6.39. The first-order chi connectivity index (χ1) is 9.20. The van der Waals surface area contributed by atoms with Crippen molar-refractivity contribution in [2.24, 2.45) is 0 Å². The molecule has 1 saturated heterocycles. The Morgan fingerprint density at radius 2 is 2.21 bits per heavy atom. The zero-order valence-corrected chi connectivity index (χ0v) is 12.2. The number of nitrogens with one attached hydrogen (secondary N) is 1. The third kappa shape index (κ3) is 3.96. The third-order valence-electron chi connectivity index (χ3n) is 3.17. The first kappa shape index (κ1) is 14.4. The maximum Gasteiger partial charge on any atom is 0.242 e. The summed E-state index contributed by atoms with van der Waals surface area (Å²) in [5, 5.41) is 3.18. The summed E-state index contributed by atoms with van der Waals surface area (Å²) in [5.74, 6) is 0.0913. The van der Waals surface area contributed by atoms with Crippen LogP contribution >= 0.6 is 11.8 Å². The summed E-state index contributed by atoms with van der Waals surface area (Å²) in [6.07, 6.45) is 2.05. The number of likely N-dealkylation sites (N-methyl/N-ethyl adjacent to an activating group) is 1. The second-order valence-corrected chi connectivity index (χ2v) is 5.50. The minimum absolute atomic E-state index is 0.0913. The highest BCUT2D eigenvalue weighted by Gasteiger charge is 2.24. The Hall–Kier alpha value is -1.04. The smallest absolute Gasteiger partial charge is 0.242 e. The van der Waals surface area contributed by atoms with Gasteiger partial charge in [-0.15, -0.1) is 11.8 Å². The normalized spacial score (nSPS) is 19.2. The Labute approximate surface area is 118 Å². The maximum atomic E-state index is 12.2. The summed E-state index contributed by atoms with van der Waals surface area (Å²) in [6, 6.07) is 8.10. The highest BCUT2D eigenvalue weighted by molar-refractivity contribution is 7.98. The lowest BCUT2D eigenvalue weighted by molar-refractivity contribution is -0.135. The Morgan fingerprint density at radius 3 is 2.79 bits per heavy atom. The van der Waals surface area contributed by atoms with Crippen molar-refractivity contribution in [3.63, 3.8) is 0 Å². The molecule has 0 saturated carbocycles. The van der Waals surface area contributed by atoms with E-state index in [-0.39, 0.29) is 11.9 Å². The van der Waals surface area contributed by atoms with E-state index in [9.17, 15) is 4.79 Å². The molecular formula is C14H20N2O2S. The molecule has 1 aromatic carbocycles. The van der Waals surface area contributed by atoms with Crippen LogP contribution in [0.2, 0.25) is 0 Å². The monoisotopic (exact) mass is 280 g/mol. The van der Waals surface area contributed by atoms with E-state index < -0.39 is 0 Å². The lowest BCUT2D eigenvalue weighted by atomic mass is 10.2. The van der Waals surface area contributed by atoms with Crippen LogP contribution in [0.15, 0.2) is 29.2 Å². The predicted molar refractivity (Wildman–Crippen MR) is 77.3 cm³/mol. The molecular weight excluding hydrogens is 260 g/mol. The highest BCUT2D eigenvalue weighted by Crippen LogP contribution is 2.15. The molecule has 0 aliphatic carbocycles. The van der Waals surface area contributed by atoms with E-state index in [1.165, 1.54) is 4.90 Å². The van der Waals surface area contributed by atoms with Crippen molar-refractivity contribution >= 4 is 17.7 Å². The van der Waals surface area contributed by atoms with Crippen molar-refractivity contribution in [2.45, 2.75) is 17.5 Å². The van der Waals surface area contributed by atoms with Gasteiger partial charge in [0.05, 0.1) is 13.2 Å². The van der Waals surface area contributed by atoms with Crippen LogP contribution in [-0.2, 0) is 16.1 Å². The van der Waals surface area contributed by atoms with Crippen LogP contribution in [0.3, 0.4) is 0 Å². The molecule has 4 nitrogen and oxygen atoms in total. The highest BCUT2D eigenvalue weighted by atomic mass is 32.2. The molecule has 2 rings (SSSR count). The van der Waals surface area contributed by atoms with Gasteiger partial charge in [0.25, 0.3) is 0 Å². The third-order valence-corrected chi connectivity index (χ3v) is 3.92. The molecule has 19 heavy (non-hydrogen) atoms. The zero-order valence-electron chi connectivity index (χ0n) is 11.4. The lowest BCUT2D eigenvalue weighted by Gasteiger charge is -2.27. The van der Waals surface area contributed by atoms with E-state index in [2.05, 4.69) is 35.8 Å². The molecule has 104 valence electrons. The second-order valence-electron chi connectivity index (χ2n) is 4.62. The topological polar surface area (TPSA) is 41.6 Å². The van der Waals surface area contributed by atoms with E-state index >= 15 is 0 Å². The number of thioether (sulfide) groups is 1. The van der Waals surface area contributed by atoms with Gasteiger partial charge in [0.2, 0.25) is 5.91 Å². The van der Waals surface area contributed by atoms with Crippen molar-refractivity contribution in [1.82, 2.24) is 10.2 Å². The van der Waals surface area contributed by atoms with Gasteiger partial charge in [-0.25, -0.2) is 0 Å². The average Bonchev–Trinajstić information content (AvgIpc) is 2.48. The maximum absolute atomic E-state index is 12.2. The van der Waals surface area contributed by atoms with Crippen LogP contribution in [-0.4, -0.2) is 49.9 Å². The van der Waals surface area contributed by atoms with Crippen molar-refractivity contribution in [1.29, 1.82) is 0 Å². The van der Waals surface area contributed by atoms with Crippen molar-refractivity contribution in [2.75, 3.05) is 33.1 Å². The van der Waals surface area contributed by atoms with Gasteiger partial charge in [-0.2, -0.15) is 0 Å². The Morgan fingerprint density at radius 1 is 1.47 bits per heavy atom. The van der Waals surface area contributed by atoms with E-state index in [1.54, 1.807) is 16.7 Å². The van der Waals surface area contributed by atoms with Crippen LogP contribution in [0.25, 0.3) is 0 Å². The Kier molecular flexibility index (Phi) is 5.24. The van der Waals surface area contributed by atoms with E-state index in [4.69, 9.17) is 4.74 Å². The average molecular weight is 280 g/mol. The molecule has 1 aliphatic rings. The van der Waals surface area contributed by atoms with Crippen LogP contribution in [0, 0.1) is 0 Å². The largest absolute Gasteiger partial charge is 0.378 e. The fourth-order valence-corrected chi connectivity index (χ4v) is 2.48. The van der Waals surface area contributed by atoms with Crippen LogP contribution in [0.1, 0.15) is 5.56 Å². The SMILES string of the molecule is CSc1ccc(CN(C)C(=O)C2COCCN2)cc1. The summed E-state index contributed by atoms with van der Waals surface area (Å²) in [7, 11) is 1.83. The number of carbonyl (C=O) groups is 1. The van der Waals surface area contributed by atoms with Crippen molar-refractivity contribution < 1.29 is 9.53 Å². The van der Waals surface area contributed by atoms with Crippen molar-refractivity contribution in [3.05, 3.63) is 29.8 Å². The molecule has 0 spiro atoms. The van der Waals surface area contributed by atoms with Gasteiger partial charge in [0.15, 0.2) is 0 Å². The van der Waals surface area contributed by atoms with Gasteiger partial charge in [0, 0.05) is 25.0 Å². The van der Waals surface area contributed by atoms with Crippen LogP contribution in [0.5, 0.6) is 0 Å². The van der Waals surface area contributed by atoms with Gasteiger partial charge in [-0.3, -0.25) is 4.79 Å². The van der Waals surface area contributed by atoms with Gasteiger partial charge < -0.3 is 15.0 Å². The molecule has 0 bridgehead atoms. The van der Waals surface area contributed by atoms with Gasteiger partial charge in [0.1, 0.15) is 6.04 Å². The first-order valence-corrected chi connectivity index (χ1v) is 7.62. The molecule has 1 heterocycles. The van der Waals surface area contributed by atoms with Crippen molar-refractivity contribution in [3.8, 4) is 0 Å². The fraction of sp³-hybridized carbons (Fsp3) is 0.500. The molecule has 0 radical (unpaired) electrons. The van der Waals surface area contributed by atoms with Crippen LogP contribution in [0.4, 0.5) is 0 Å². The molecule has 1 aromatic rings. The minimum atomic E-state index is -0.204.